The number of nitrogens with one attached hydrogen (secondary N) is 1. The van der Waals surface area contributed by atoms with Crippen LogP contribution in [0, 0.1) is 5.92 Å². The Labute approximate surface area is 275 Å². The van der Waals surface area contributed by atoms with Crippen LogP contribution in [-0.2, 0) is 31.6 Å². The van der Waals surface area contributed by atoms with Gasteiger partial charge in [-0.25, -0.2) is 0 Å². The normalized spacial score (nSPS) is 15.7. The standard InChI is InChI=1S/C39H66N2O4/c1-8-9-10-11-12-13-14-15-16-17-18-19-20-21-22-23-24-31-28-35(43)41(37(31)45)40-34(42)26-25-30-27-32(38(2,3)4)29-33(36(30)44)39(5,6)7/h27,29,31,44H,8-26,28H2,1-7H3,(H,40,42). The van der Waals surface area contributed by atoms with Gasteiger partial charge in [0.15, 0.2) is 0 Å². The Bertz CT molecular complexity index is 1070. The molecule has 1 unspecified atom stereocenters. The van der Waals surface area contributed by atoms with E-state index >= 15 is 0 Å². The third-order valence-electron chi connectivity index (χ3n) is 9.37. The van der Waals surface area contributed by atoms with E-state index in [0.717, 1.165) is 29.0 Å². The van der Waals surface area contributed by atoms with Gasteiger partial charge in [0.2, 0.25) is 11.8 Å². The van der Waals surface area contributed by atoms with Crippen LogP contribution in [0.15, 0.2) is 12.1 Å². The molecule has 1 aromatic rings. The number of nitrogens with zero attached hydrogens (tertiary/aromatic N) is 1. The smallest absolute Gasteiger partial charge is 0.251 e. The minimum atomic E-state index is -0.391. The molecule has 1 aliphatic heterocycles. The number of phenols is 1. The van der Waals surface area contributed by atoms with Gasteiger partial charge in [-0.1, -0.05) is 163 Å². The highest BCUT2D eigenvalue weighted by Gasteiger charge is 2.39. The number of unbranched alkanes of at least 4 members (excludes halogenated alkanes) is 15. The minimum absolute atomic E-state index is 0.0750. The molecule has 256 valence electrons. The molecule has 0 aromatic heterocycles. The summed E-state index contributed by atoms with van der Waals surface area (Å²) in [7, 11) is 0. The molecule has 6 nitrogen and oxygen atoms in total. The Morgan fingerprint density at radius 1 is 0.778 bits per heavy atom. The molecule has 1 atom stereocenters. The summed E-state index contributed by atoms with van der Waals surface area (Å²) in [5.41, 5.74) is 4.86. The van der Waals surface area contributed by atoms with Crippen molar-refractivity contribution in [1.82, 2.24) is 10.4 Å². The average Bonchev–Trinajstić information content (AvgIpc) is 3.22. The summed E-state index contributed by atoms with van der Waals surface area (Å²) in [6.07, 6.45) is 22.1. The number of rotatable bonds is 21. The number of carbonyl (C=O) groups excluding carboxylic acids is 3. The number of hydrazine groups is 1. The number of aryl methyl sites for hydroxylation is 1. The molecule has 2 rings (SSSR count). The maximum atomic E-state index is 12.9. The lowest BCUT2D eigenvalue weighted by molar-refractivity contribution is -0.148. The summed E-state index contributed by atoms with van der Waals surface area (Å²) in [5.74, 6) is -1.14. The molecular weight excluding hydrogens is 560 g/mol. The van der Waals surface area contributed by atoms with E-state index in [1.807, 2.05) is 6.07 Å². The van der Waals surface area contributed by atoms with E-state index in [1.165, 1.54) is 89.9 Å². The summed E-state index contributed by atoms with van der Waals surface area (Å²) in [6.45, 7) is 14.8. The molecule has 45 heavy (non-hydrogen) atoms. The van der Waals surface area contributed by atoms with E-state index < -0.39 is 5.91 Å². The number of imide groups is 1. The predicted molar refractivity (Wildman–Crippen MR) is 186 cm³/mol. The van der Waals surface area contributed by atoms with Crippen molar-refractivity contribution >= 4 is 17.7 Å². The Morgan fingerprint density at radius 3 is 1.73 bits per heavy atom. The molecule has 1 aromatic carbocycles. The van der Waals surface area contributed by atoms with Crippen LogP contribution in [-0.4, -0.2) is 27.8 Å². The molecule has 0 saturated carbocycles. The lowest BCUT2D eigenvalue weighted by atomic mass is 9.78. The van der Waals surface area contributed by atoms with Crippen molar-refractivity contribution in [3.05, 3.63) is 28.8 Å². The Balaban J connectivity index is 1.65. The highest BCUT2D eigenvalue weighted by Crippen LogP contribution is 2.38. The van der Waals surface area contributed by atoms with Gasteiger partial charge < -0.3 is 5.11 Å². The lowest BCUT2D eigenvalue weighted by Crippen LogP contribution is -2.46. The lowest BCUT2D eigenvalue weighted by Gasteiger charge is -2.27. The van der Waals surface area contributed by atoms with E-state index in [9.17, 15) is 19.5 Å². The zero-order chi connectivity index (χ0) is 33.5. The van der Waals surface area contributed by atoms with Gasteiger partial charge in [-0.15, -0.1) is 0 Å². The second-order valence-corrected chi connectivity index (χ2v) is 15.6. The van der Waals surface area contributed by atoms with Crippen LogP contribution >= 0.6 is 0 Å². The number of benzene rings is 1. The molecule has 6 heteroatoms. The van der Waals surface area contributed by atoms with Crippen molar-refractivity contribution < 1.29 is 19.5 Å². The summed E-state index contributed by atoms with van der Waals surface area (Å²) in [4.78, 5) is 38.3. The maximum Gasteiger partial charge on any atom is 0.251 e. The van der Waals surface area contributed by atoms with Gasteiger partial charge in [0.25, 0.3) is 5.91 Å². The molecule has 0 aliphatic carbocycles. The molecule has 0 bridgehead atoms. The van der Waals surface area contributed by atoms with Crippen molar-refractivity contribution in [3.63, 3.8) is 0 Å². The van der Waals surface area contributed by atoms with Gasteiger partial charge in [0.05, 0.1) is 0 Å². The van der Waals surface area contributed by atoms with Crippen LogP contribution < -0.4 is 5.43 Å². The summed E-state index contributed by atoms with van der Waals surface area (Å²) in [6, 6.07) is 4.03. The quantitative estimate of drug-likeness (QED) is 0.105. The van der Waals surface area contributed by atoms with E-state index in [4.69, 9.17) is 0 Å². The fraction of sp³-hybridized carbons (Fsp3) is 0.769. The molecule has 3 amide bonds. The number of hydrogen-bond acceptors (Lipinski definition) is 4. The van der Waals surface area contributed by atoms with Gasteiger partial charge in [0.1, 0.15) is 5.75 Å². The van der Waals surface area contributed by atoms with Crippen LogP contribution in [0.5, 0.6) is 5.75 Å². The van der Waals surface area contributed by atoms with Crippen molar-refractivity contribution in [3.8, 4) is 5.75 Å². The van der Waals surface area contributed by atoms with Gasteiger partial charge in [0, 0.05) is 18.8 Å². The first-order valence-corrected chi connectivity index (χ1v) is 18.3. The number of carbonyl (C=O) groups is 3. The third-order valence-corrected chi connectivity index (χ3v) is 9.37. The first-order chi connectivity index (χ1) is 21.3. The zero-order valence-corrected chi connectivity index (χ0v) is 30.0. The molecule has 1 heterocycles. The molecular formula is C39H66N2O4. The molecule has 0 spiro atoms. The molecule has 0 radical (unpaired) electrons. The van der Waals surface area contributed by atoms with E-state index in [-0.39, 0.29) is 47.2 Å². The first kappa shape index (κ1) is 38.8. The van der Waals surface area contributed by atoms with Crippen LogP contribution in [0.1, 0.15) is 187 Å². The Hall–Kier alpha value is -2.37. The summed E-state index contributed by atoms with van der Waals surface area (Å²) >= 11 is 0. The van der Waals surface area contributed by atoms with Crippen LogP contribution in [0.25, 0.3) is 0 Å². The number of aromatic hydroxyl groups is 1. The second kappa shape index (κ2) is 19.3. The van der Waals surface area contributed by atoms with Gasteiger partial charge in [-0.3, -0.25) is 19.8 Å². The van der Waals surface area contributed by atoms with Crippen LogP contribution in [0.2, 0.25) is 0 Å². The van der Waals surface area contributed by atoms with Crippen molar-refractivity contribution in [2.75, 3.05) is 0 Å². The minimum Gasteiger partial charge on any atom is -0.507 e. The van der Waals surface area contributed by atoms with E-state index in [1.54, 1.807) is 0 Å². The molecule has 1 aliphatic rings. The van der Waals surface area contributed by atoms with Gasteiger partial charge in [-0.05, 0) is 40.4 Å². The first-order valence-electron chi connectivity index (χ1n) is 18.3. The monoisotopic (exact) mass is 627 g/mol. The van der Waals surface area contributed by atoms with Crippen molar-refractivity contribution in [2.24, 2.45) is 5.92 Å². The number of phenolic OH excluding ortho intramolecular Hbond substituents is 1. The second-order valence-electron chi connectivity index (χ2n) is 15.6. The third kappa shape index (κ3) is 13.9. The summed E-state index contributed by atoms with van der Waals surface area (Å²) < 4.78 is 0. The zero-order valence-electron chi connectivity index (χ0n) is 30.0. The van der Waals surface area contributed by atoms with E-state index in [0.29, 0.717) is 18.4 Å². The number of hydrogen-bond donors (Lipinski definition) is 2. The number of amides is 3. The fourth-order valence-electron chi connectivity index (χ4n) is 6.30. The highest BCUT2D eigenvalue weighted by molar-refractivity contribution is 6.04. The SMILES string of the molecule is CCCCCCCCCCCCCCCCCCC1CC(=O)N(NC(=O)CCc2cc(C(C)(C)C)cc(C(C)(C)C)c2O)C1=O. The maximum absolute atomic E-state index is 12.9. The summed E-state index contributed by atoms with van der Waals surface area (Å²) in [5, 5.41) is 12.0. The fourth-order valence-corrected chi connectivity index (χ4v) is 6.30. The van der Waals surface area contributed by atoms with E-state index in [2.05, 4.69) is 60.0 Å². The average molecular weight is 627 g/mol. The van der Waals surface area contributed by atoms with Crippen molar-refractivity contribution in [1.29, 1.82) is 0 Å². The topological polar surface area (TPSA) is 86.7 Å². The highest BCUT2D eigenvalue weighted by atomic mass is 16.3. The predicted octanol–water partition coefficient (Wildman–Crippen LogP) is 9.98. The molecule has 1 saturated heterocycles. The molecule has 1 fully saturated rings. The van der Waals surface area contributed by atoms with Crippen molar-refractivity contribution in [2.45, 2.75) is 188 Å². The van der Waals surface area contributed by atoms with Crippen LogP contribution in [0.4, 0.5) is 0 Å². The largest absolute Gasteiger partial charge is 0.507 e. The van der Waals surface area contributed by atoms with Gasteiger partial charge in [-0.2, -0.15) is 5.01 Å². The Morgan fingerprint density at radius 2 is 1.27 bits per heavy atom. The van der Waals surface area contributed by atoms with Gasteiger partial charge >= 0.3 is 0 Å². The Kier molecular flexibility index (Phi) is 16.7. The van der Waals surface area contributed by atoms with Crippen LogP contribution in [0.3, 0.4) is 0 Å². The molecule has 2 N–H and O–H groups in total.